The third-order valence-electron chi connectivity index (χ3n) is 1.58. The Morgan fingerprint density at radius 1 is 1.21 bits per heavy atom. The molecule has 0 spiro atoms. The first kappa shape index (κ1) is 9.79. The number of nitrogens with zero attached hydrogens (tertiary/aromatic N) is 2. The fourth-order valence-electron chi connectivity index (χ4n) is 0.983. The summed E-state index contributed by atoms with van der Waals surface area (Å²) in [5.41, 5.74) is 0.276. The van der Waals surface area contributed by atoms with Crippen molar-refractivity contribution in [2.24, 2.45) is 0 Å². The molecule has 0 saturated carbocycles. The van der Waals surface area contributed by atoms with Crippen LogP contribution < -0.4 is 0 Å². The smallest absolute Gasteiger partial charge is 0.285 e. The highest BCUT2D eigenvalue weighted by atomic mass is 79.9. The van der Waals surface area contributed by atoms with Crippen molar-refractivity contribution in [1.82, 2.24) is 10.2 Å². The van der Waals surface area contributed by atoms with Crippen LogP contribution in [0.1, 0.15) is 0 Å². The van der Waals surface area contributed by atoms with E-state index in [2.05, 4.69) is 42.1 Å². The van der Waals surface area contributed by atoms with E-state index in [9.17, 15) is 4.39 Å². The van der Waals surface area contributed by atoms with Gasteiger partial charge in [-0.05, 0) is 28.1 Å². The second-order valence-electron chi connectivity index (χ2n) is 2.46. The average Bonchev–Trinajstić information content (AvgIpc) is 2.57. The minimum Gasteiger partial charge on any atom is -0.411 e. The van der Waals surface area contributed by atoms with E-state index in [0.717, 1.165) is 0 Å². The molecule has 0 unspecified atom stereocenters. The van der Waals surface area contributed by atoms with Crippen molar-refractivity contribution in [3.8, 4) is 11.5 Å². The topological polar surface area (TPSA) is 38.9 Å². The van der Waals surface area contributed by atoms with E-state index in [-0.39, 0.29) is 16.3 Å². The molecule has 0 aliphatic heterocycles. The Bertz CT molecular complexity index is 472. The van der Waals surface area contributed by atoms with Crippen molar-refractivity contribution in [3.63, 3.8) is 0 Å². The van der Waals surface area contributed by atoms with Crippen molar-refractivity contribution in [2.75, 3.05) is 0 Å². The van der Waals surface area contributed by atoms with E-state index in [1.54, 1.807) is 18.2 Å². The van der Waals surface area contributed by atoms with Crippen molar-refractivity contribution in [2.45, 2.75) is 0 Å². The standard InChI is InChI=1S/C8H3Br2FN2O/c9-5-3-1-2-4(6(5)11)7-12-13-8(10)14-7/h1-3H. The molecule has 1 heterocycles. The number of rotatable bonds is 1. The van der Waals surface area contributed by atoms with E-state index in [1.165, 1.54) is 0 Å². The van der Waals surface area contributed by atoms with Crippen LogP contribution >= 0.6 is 31.9 Å². The quantitative estimate of drug-likeness (QED) is 0.808. The van der Waals surface area contributed by atoms with Gasteiger partial charge < -0.3 is 4.42 Å². The van der Waals surface area contributed by atoms with E-state index >= 15 is 0 Å². The maximum absolute atomic E-state index is 13.5. The molecular formula is C8H3Br2FN2O. The monoisotopic (exact) mass is 320 g/mol. The SMILES string of the molecule is Fc1c(Br)cccc1-c1nnc(Br)o1. The minimum atomic E-state index is -0.413. The minimum absolute atomic E-state index is 0.149. The van der Waals surface area contributed by atoms with Gasteiger partial charge in [-0.2, -0.15) is 0 Å². The van der Waals surface area contributed by atoms with Crippen molar-refractivity contribution >= 4 is 31.9 Å². The summed E-state index contributed by atoms with van der Waals surface area (Å²) in [4.78, 5) is 0.229. The molecule has 72 valence electrons. The molecule has 1 aromatic carbocycles. The van der Waals surface area contributed by atoms with Crippen LogP contribution in [0.3, 0.4) is 0 Å². The fourth-order valence-corrected chi connectivity index (χ4v) is 1.58. The van der Waals surface area contributed by atoms with Crippen LogP contribution in [-0.4, -0.2) is 10.2 Å². The zero-order valence-electron chi connectivity index (χ0n) is 6.67. The number of hydrogen-bond acceptors (Lipinski definition) is 3. The summed E-state index contributed by atoms with van der Waals surface area (Å²) in [6.45, 7) is 0. The van der Waals surface area contributed by atoms with Gasteiger partial charge in [0.25, 0.3) is 10.7 Å². The van der Waals surface area contributed by atoms with Crippen LogP contribution in [0.15, 0.2) is 31.9 Å². The summed E-state index contributed by atoms with van der Waals surface area (Å²) in [5, 5.41) is 7.25. The first-order chi connectivity index (χ1) is 6.68. The number of hydrogen-bond donors (Lipinski definition) is 0. The summed E-state index contributed by atoms with van der Waals surface area (Å²) in [6, 6.07) is 4.87. The predicted molar refractivity (Wildman–Crippen MR) is 55.1 cm³/mol. The van der Waals surface area contributed by atoms with E-state index < -0.39 is 5.82 Å². The molecule has 0 bridgehead atoms. The average molecular weight is 322 g/mol. The lowest BCUT2D eigenvalue weighted by Gasteiger charge is -1.98. The molecule has 0 N–H and O–H groups in total. The molecule has 0 aliphatic carbocycles. The van der Waals surface area contributed by atoms with Gasteiger partial charge in [-0.3, -0.25) is 0 Å². The molecule has 1 aromatic heterocycles. The van der Waals surface area contributed by atoms with E-state index in [1.807, 2.05) is 0 Å². The summed E-state index contributed by atoms with van der Waals surface area (Å²) < 4.78 is 18.9. The van der Waals surface area contributed by atoms with Gasteiger partial charge in [-0.1, -0.05) is 6.07 Å². The summed E-state index contributed by atoms with van der Waals surface area (Å²) in [5.74, 6) is -0.265. The highest BCUT2D eigenvalue weighted by molar-refractivity contribution is 9.10. The molecule has 2 aromatic rings. The summed E-state index contributed by atoms with van der Waals surface area (Å²) in [7, 11) is 0. The molecular weight excluding hydrogens is 319 g/mol. The Balaban J connectivity index is 2.57. The van der Waals surface area contributed by atoms with Gasteiger partial charge in [-0.25, -0.2) is 4.39 Å². The van der Waals surface area contributed by atoms with Crippen molar-refractivity contribution < 1.29 is 8.81 Å². The highest BCUT2D eigenvalue weighted by Gasteiger charge is 2.13. The Kier molecular flexibility index (Phi) is 2.64. The summed E-state index contributed by atoms with van der Waals surface area (Å²) >= 11 is 6.07. The molecule has 0 amide bonds. The maximum Gasteiger partial charge on any atom is 0.285 e. The third-order valence-corrected chi connectivity index (χ3v) is 2.52. The maximum atomic E-state index is 13.5. The van der Waals surface area contributed by atoms with Crippen molar-refractivity contribution in [1.29, 1.82) is 0 Å². The predicted octanol–water partition coefficient (Wildman–Crippen LogP) is 3.40. The lowest BCUT2D eigenvalue weighted by molar-refractivity contribution is 0.532. The normalized spacial score (nSPS) is 10.5. The fraction of sp³-hybridized carbons (Fsp3) is 0. The Morgan fingerprint density at radius 2 is 2.00 bits per heavy atom. The van der Waals surface area contributed by atoms with E-state index in [0.29, 0.717) is 4.47 Å². The van der Waals surface area contributed by atoms with Crippen LogP contribution in [0.4, 0.5) is 4.39 Å². The van der Waals surface area contributed by atoms with Gasteiger partial charge in [-0.15, -0.1) is 10.2 Å². The first-order valence-electron chi connectivity index (χ1n) is 3.62. The van der Waals surface area contributed by atoms with Crippen LogP contribution in [0, 0.1) is 5.82 Å². The zero-order chi connectivity index (χ0) is 10.1. The van der Waals surface area contributed by atoms with Crippen LogP contribution in [0.2, 0.25) is 0 Å². The second kappa shape index (κ2) is 3.78. The number of benzene rings is 1. The number of halogens is 3. The van der Waals surface area contributed by atoms with Crippen molar-refractivity contribution in [3.05, 3.63) is 33.3 Å². The molecule has 0 radical (unpaired) electrons. The third kappa shape index (κ3) is 1.72. The van der Waals surface area contributed by atoms with Gasteiger partial charge in [0.1, 0.15) is 5.82 Å². The highest BCUT2D eigenvalue weighted by Crippen LogP contribution is 2.27. The lowest BCUT2D eigenvalue weighted by Crippen LogP contribution is -1.85. The van der Waals surface area contributed by atoms with Gasteiger partial charge in [0, 0.05) is 15.9 Å². The molecule has 6 heteroatoms. The van der Waals surface area contributed by atoms with Gasteiger partial charge in [0.15, 0.2) is 0 Å². The number of aromatic nitrogens is 2. The molecule has 0 saturated heterocycles. The lowest BCUT2D eigenvalue weighted by atomic mass is 10.2. The first-order valence-corrected chi connectivity index (χ1v) is 5.20. The Hall–Kier alpha value is -0.750. The molecule has 3 nitrogen and oxygen atoms in total. The molecule has 0 fully saturated rings. The molecule has 2 rings (SSSR count). The van der Waals surface area contributed by atoms with Gasteiger partial charge in [0.05, 0.1) is 10.0 Å². The molecule has 0 aliphatic rings. The summed E-state index contributed by atoms with van der Waals surface area (Å²) in [6.07, 6.45) is 0. The second-order valence-corrected chi connectivity index (χ2v) is 3.99. The van der Waals surface area contributed by atoms with Crippen LogP contribution in [0.5, 0.6) is 0 Å². The zero-order valence-corrected chi connectivity index (χ0v) is 9.84. The Morgan fingerprint density at radius 3 is 2.64 bits per heavy atom. The van der Waals surface area contributed by atoms with Crippen LogP contribution in [-0.2, 0) is 0 Å². The van der Waals surface area contributed by atoms with Gasteiger partial charge >= 0.3 is 0 Å². The van der Waals surface area contributed by atoms with E-state index in [4.69, 9.17) is 4.42 Å². The van der Waals surface area contributed by atoms with Crippen LogP contribution in [0.25, 0.3) is 11.5 Å². The molecule has 0 atom stereocenters. The van der Waals surface area contributed by atoms with Gasteiger partial charge in [0.2, 0.25) is 0 Å². The largest absolute Gasteiger partial charge is 0.411 e. The Labute approximate surface area is 95.6 Å². The molecule has 14 heavy (non-hydrogen) atoms.